The molecule has 1 aliphatic heterocycles. The van der Waals surface area contributed by atoms with Crippen LogP contribution in [0.4, 0.5) is 0 Å². The summed E-state index contributed by atoms with van der Waals surface area (Å²) in [5.74, 6) is 0.332. The highest BCUT2D eigenvalue weighted by Crippen LogP contribution is 2.29. The van der Waals surface area contributed by atoms with Crippen LogP contribution in [0.25, 0.3) is 11.8 Å². The molecule has 0 saturated heterocycles. The van der Waals surface area contributed by atoms with Crippen LogP contribution in [0.2, 0.25) is 0 Å². The summed E-state index contributed by atoms with van der Waals surface area (Å²) in [6, 6.07) is 15.9. The molecule has 0 aromatic heterocycles. The lowest BCUT2D eigenvalue weighted by atomic mass is 10.0. The molecule has 2 nitrogen and oxygen atoms in total. The van der Waals surface area contributed by atoms with Gasteiger partial charge in [-0.3, -0.25) is 0 Å². The number of carbonyl (C=O) groups is 1. The van der Waals surface area contributed by atoms with Gasteiger partial charge in [0.05, 0.1) is 5.57 Å². The van der Waals surface area contributed by atoms with Crippen molar-refractivity contribution in [2.24, 2.45) is 0 Å². The predicted octanol–water partition coefficient (Wildman–Crippen LogP) is 4.28. The molecule has 21 heavy (non-hydrogen) atoms. The minimum atomic E-state index is -0.297. The fraction of sp³-hybridized carbons (Fsp3) is 0.105. The molecule has 2 aromatic rings. The van der Waals surface area contributed by atoms with Crippen LogP contribution in [0.15, 0.2) is 60.2 Å². The van der Waals surface area contributed by atoms with Crippen LogP contribution in [0, 0.1) is 13.8 Å². The number of aryl methyl sites for hydroxylation is 2. The van der Waals surface area contributed by atoms with Crippen LogP contribution in [0.3, 0.4) is 0 Å². The van der Waals surface area contributed by atoms with Crippen LogP contribution in [-0.2, 0) is 9.53 Å². The molecule has 0 fully saturated rings. The van der Waals surface area contributed by atoms with E-state index in [0.717, 1.165) is 22.3 Å². The largest absolute Gasteiger partial charge is 0.422 e. The van der Waals surface area contributed by atoms with Crippen LogP contribution < -0.4 is 0 Å². The Labute approximate surface area is 124 Å². The summed E-state index contributed by atoms with van der Waals surface area (Å²) in [5, 5.41) is 0. The summed E-state index contributed by atoms with van der Waals surface area (Å²) >= 11 is 0. The first kappa shape index (κ1) is 13.4. The molecule has 0 saturated carbocycles. The second-order valence-corrected chi connectivity index (χ2v) is 5.23. The molecule has 104 valence electrons. The van der Waals surface area contributed by atoms with E-state index in [9.17, 15) is 4.79 Å². The lowest BCUT2D eigenvalue weighted by molar-refractivity contribution is -0.130. The Hall–Kier alpha value is -2.61. The highest BCUT2D eigenvalue weighted by atomic mass is 16.5. The van der Waals surface area contributed by atoms with Gasteiger partial charge in [-0.2, -0.15) is 0 Å². The van der Waals surface area contributed by atoms with Gasteiger partial charge in [0.1, 0.15) is 5.76 Å². The Bertz CT molecular complexity index is 752. The minimum absolute atomic E-state index is 0.297. The second kappa shape index (κ2) is 5.41. The lowest BCUT2D eigenvalue weighted by Crippen LogP contribution is -1.98. The maximum Gasteiger partial charge on any atom is 0.343 e. The number of rotatable bonds is 2. The Morgan fingerprint density at radius 2 is 1.76 bits per heavy atom. The zero-order chi connectivity index (χ0) is 14.8. The molecule has 0 bridgehead atoms. The van der Waals surface area contributed by atoms with E-state index >= 15 is 0 Å². The number of benzene rings is 2. The quantitative estimate of drug-likeness (QED) is 0.604. The number of hydrogen-bond donors (Lipinski definition) is 0. The standard InChI is InChI=1S/C19H16O2/c1-13-8-9-14(2)17(10-13)18-12-16(19(20)21-18)11-15-6-4-3-5-7-15/h3-12H,1-2H3. The highest BCUT2D eigenvalue weighted by molar-refractivity contribution is 6.05. The first-order chi connectivity index (χ1) is 10.1. The molecule has 2 heteroatoms. The van der Waals surface area contributed by atoms with Gasteiger partial charge in [-0.15, -0.1) is 0 Å². The molecule has 3 rings (SSSR count). The maximum absolute atomic E-state index is 12.0. The molecule has 0 amide bonds. The number of cyclic esters (lactones) is 1. The van der Waals surface area contributed by atoms with E-state index in [1.54, 1.807) is 0 Å². The van der Waals surface area contributed by atoms with Crippen molar-refractivity contribution < 1.29 is 9.53 Å². The molecule has 0 N–H and O–H groups in total. The van der Waals surface area contributed by atoms with Gasteiger partial charge in [0.2, 0.25) is 0 Å². The van der Waals surface area contributed by atoms with Crippen LogP contribution in [0.5, 0.6) is 0 Å². The fourth-order valence-electron chi connectivity index (χ4n) is 2.35. The molecule has 0 atom stereocenters. The first-order valence-corrected chi connectivity index (χ1v) is 6.92. The van der Waals surface area contributed by atoms with Crippen molar-refractivity contribution in [3.63, 3.8) is 0 Å². The number of carbonyl (C=O) groups excluding carboxylic acids is 1. The average Bonchev–Trinajstić information content (AvgIpc) is 2.84. The van der Waals surface area contributed by atoms with Gasteiger partial charge in [0, 0.05) is 5.56 Å². The van der Waals surface area contributed by atoms with Crippen molar-refractivity contribution in [2.45, 2.75) is 13.8 Å². The molecule has 0 aliphatic carbocycles. The number of hydrogen-bond acceptors (Lipinski definition) is 2. The van der Waals surface area contributed by atoms with Gasteiger partial charge < -0.3 is 4.74 Å². The van der Waals surface area contributed by atoms with E-state index in [4.69, 9.17) is 4.74 Å². The third-order valence-corrected chi connectivity index (χ3v) is 3.51. The van der Waals surface area contributed by atoms with Crippen molar-refractivity contribution in [2.75, 3.05) is 0 Å². The normalized spacial score (nSPS) is 16.0. The Morgan fingerprint density at radius 3 is 2.52 bits per heavy atom. The summed E-state index contributed by atoms with van der Waals surface area (Å²) in [5.41, 5.74) is 4.79. The summed E-state index contributed by atoms with van der Waals surface area (Å²) < 4.78 is 5.42. The van der Waals surface area contributed by atoms with Crippen molar-refractivity contribution in [1.29, 1.82) is 0 Å². The van der Waals surface area contributed by atoms with E-state index in [0.29, 0.717) is 11.3 Å². The molecule has 0 spiro atoms. The lowest BCUT2D eigenvalue weighted by Gasteiger charge is -2.06. The Balaban J connectivity index is 1.99. The summed E-state index contributed by atoms with van der Waals surface area (Å²) in [7, 11) is 0. The fourth-order valence-corrected chi connectivity index (χ4v) is 2.35. The van der Waals surface area contributed by atoms with Gasteiger partial charge in [0.25, 0.3) is 0 Å². The first-order valence-electron chi connectivity index (χ1n) is 6.92. The summed E-state index contributed by atoms with van der Waals surface area (Å²) in [4.78, 5) is 12.0. The number of ether oxygens (including phenoxy) is 1. The van der Waals surface area contributed by atoms with Gasteiger partial charge in [-0.25, -0.2) is 4.79 Å². The monoisotopic (exact) mass is 276 g/mol. The van der Waals surface area contributed by atoms with Crippen molar-refractivity contribution in [3.05, 3.63) is 82.4 Å². The van der Waals surface area contributed by atoms with Crippen LogP contribution in [0.1, 0.15) is 22.3 Å². The minimum Gasteiger partial charge on any atom is -0.422 e. The van der Waals surface area contributed by atoms with Crippen LogP contribution >= 0.6 is 0 Å². The van der Waals surface area contributed by atoms with Crippen molar-refractivity contribution >= 4 is 17.8 Å². The maximum atomic E-state index is 12.0. The van der Waals surface area contributed by atoms with E-state index in [2.05, 4.69) is 6.07 Å². The van der Waals surface area contributed by atoms with E-state index in [1.165, 1.54) is 0 Å². The SMILES string of the molecule is Cc1ccc(C)c(C2=CC(=Cc3ccccc3)C(=O)O2)c1. The van der Waals surface area contributed by atoms with E-state index in [-0.39, 0.29) is 5.97 Å². The molecule has 1 aliphatic rings. The van der Waals surface area contributed by atoms with Gasteiger partial charge in [0.15, 0.2) is 0 Å². The summed E-state index contributed by atoms with van der Waals surface area (Å²) in [6.45, 7) is 4.04. The molecular formula is C19H16O2. The molecule has 0 unspecified atom stereocenters. The molecule has 0 radical (unpaired) electrons. The third kappa shape index (κ3) is 2.79. The Morgan fingerprint density at radius 1 is 1.00 bits per heavy atom. The topological polar surface area (TPSA) is 26.3 Å². The third-order valence-electron chi connectivity index (χ3n) is 3.51. The Kier molecular flexibility index (Phi) is 3.44. The highest BCUT2D eigenvalue weighted by Gasteiger charge is 2.22. The number of esters is 1. The van der Waals surface area contributed by atoms with Gasteiger partial charge in [-0.05, 0) is 43.2 Å². The van der Waals surface area contributed by atoms with Crippen molar-refractivity contribution in [1.82, 2.24) is 0 Å². The van der Waals surface area contributed by atoms with E-state index in [1.807, 2.05) is 68.5 Å². The zero-order valence-electron chi connectivity index (χ0n) is 12.1. The van der Waals surface area contributed by atoms with Gasteiger partial charge in [-0.1, -0.05) is 48.0 Å². The molecular weight excluding hydrogens is 260 g/mol. The molecule has 2 aromatic carbocycles. The zero-order valence-corrected chi connectivity index (χ0v) is 12.1. The summed E-state index contributed by atoms with van der Waals surface area (Å²) in [6.07, 6.45) is 3.66. The second-order valence-electron chi connectivity index (χ2n) is 5.23. The van der Waals surface area contributed by atoms with E-state index < -0.39 is 0 Å². The smallest absolute Gasteiger partial charge is 0.343 e. The van der Waals surface area contributed by atoms with Gasteiger partial charge >= 0.3 is 5.97 Å². The van der Waals surface area contributed by atoms with Crippen molar-refractivity contribution in [3.8, 4) is 0 Å². The predicted molar refractivity (Wildman–Crippen MR) is 84.4 cm³/mol. The molecule has 1 heterocycles. The van der Waals surface area contributed by atoms with Crippen LogP contribution in [-0.4, -0.2) is 5.97 Å². The average molecular weight is 276 g/mol.